The molecule has 1 aromatic carbocycles. The van der Waals surface area contributed by atoms with Gasteiger partial charge in [0.1, 0.15) is 5.39 Å². The number of nitrogens with one attached hydrogen (secondary N) is 2. The fraction of sp³-hybridized carbons (Fsp3) is 0.346. The molecule has 35 heavy (non-hydrogen) atoms. The van der Waals surface area contributed by atoms with Crippen LogP contribution in [-0.2, 0) is 17.5 Å². The quantitative estimate of drug-likeness (QED) is 0.466. The number of fused-ring (bicyclic) bond motifs is 2. The molecule has 5 rings (SSSR count). The summed E-state index contributed by atoms with van der Waals surface area (Å²) in [5.74, 6) is 0.834. The Morgan fingerprint density at radius 3 is 2.57 bits per heavy atom. The second kappa shape index (κ2) is 7.76. The van der Waals surface area contributed by atoms with E-state index in [1.54, 1.807) is 15.4 Å². The Labute approximate surface area is 203 Å². The van der Waals surface area contributed by atoms with Crippen molar-refractivity contribution in [3.05, 3.63) is 69.8 Å². The molecule has 1 amide bonds. The van der Waals surface area contributed by atoms with Crippen molar-refractivity contribution in [2.75, 3.05) is 5.32 Å². The van der Waals surface area contributed by atoms with Crippen LogP contribution >= 0.6 is 0 Å². The van der Waals surface area contributed by atoms with Gasteiger partial charge in [0.25, 0.3) is 11.5 Å². The molecule has 0 atom stereocenters. The summed E-state index contributed by atoms with van der Waals surface area (Å²) < 4.78 is 3.36. The summed E-state index contributed by atoms with van der Waals surface area (Å²) in [6.07, 6.45) is 1.53. The summed E-state index contributed by atoms with van der Waals surface area (Å²) in [7, 11) is 0. The molecule has 0 radical (unpaired) electrons. The number of anilines is 2. The van der Waals surface area contributed by atoms with E-state index in [0.29, 0.717) is 40.6 Å². The largest absolute Gasteiger partial charge is 0.343 e. The molecule has 0 aliphatic carbocycles. The van der Waals surface area contributed by atoms with Gasteiger partial charge in [-0.3, -0.25) is 9.59 Å². The molecule has 9 nitrogen and oxygen atoms in total. The molecule has 1 aliphatic rings. The summed E-state index contributed by atoms with van der Waals surface area (Å²) in [6.45, 7) is 12.6. The Hall–Kier alpha value is -4.01. The molecule has 4 aromatic rings. The predicted molar refractivity (Wildman–Crippen MR) is 136 cm³/mol. The van der Waals surface area contributed by atoms with Gasteiger partial charge in [-0.1, -0.05) is 32.9 Å². The van der Waals surface area contributed by atoms with Crippen LogP contribution in [0.4, 0.5) is 11.6 Å². The Balaban J connectivity index is 1.61. The van der Waals surface area contributed by atoms with Gasteiger partial charge in [0.05, 0.1) is 5.54 Å². The van der Waals surface area contributed by atoms with E-state index in [-0.39, 0.29) is 16.9 Å². The topological polar surface area (TPSA) is 107 Å². The summed E-state index contributed by atoms with van der Waals surface area (Å²) in [6, 6.07) is 11.4. The number of hydrogen-bond acceptors (Lipinski definition) is 6. The SMILES string of the molecule is CCn1c(=O)c2cnc(Nc3ccc4c(c3)C(=O)NC4(C)C)nc2n1-c1cccc(C(C)(C)C)n1. The predicted octanol–water partition coefficient (Wildman–Crippen LogP) is 4.02. The van der Waals surface area contributed by atoms with E-state index in [1.807, 2.05) is 51.1 Å². The zero-order valence-electron chi connectivity index (χ0n) is 20.8. The van der Waals surface area contributed by atoms with Crippen LogP contribution in [0.15, 0.2) is 47.4 Å². The fourth-order valence-corrected chi connectivity index (χ4v) is 4.47. The Kier molecular flexibility index (Phi) is 5.05. The third kappa shape index (κ3) is 3.77. The van der Waals surface area contributed by atoms with Gasteiger partial charge in [-0.2, -0.15) is 4.98 Å². The normalized spacial score (nSPS) is 14.7. The van der Waals surface area contributed by atoms with Gasteiger partial charge in [-0.15, -0.1) is 0 Å². The number of carbonyl (C=O) groups excluding carboxylic acids is 1. The van der Waals surface area contributed by atoms with Gasteiger partial charge >= 0.3 is 0 Å². The number of aromatic nitrogens is 5. The molecule has 9 heteroatoms. The van der Waals surface area contributed by atoms with E-state index in [2.05, 4.69) is 41.4 Å². The van der Waals surface area contributed by atoms with Crippen molar-refractivity contribution < 1.29 is 4.79 Å². The number of nitrogens with zero attached hydrogens (tertiary/aromatic N) is 5. The van der Waals surface area contributed by atoms with Crippen LogP contribution in [0.5, 0.6) is 0 Å². The molecule has 0 unspecified atom stereocenters. The number of hydrogen-bond donors (Lipinski definition) is 2. The van der Waals surface area contributed by atoms with Gasteiger partial charge < -0.3 is 10.6 Å². The number of amides is 1. The average Bonchev–Trinajstić information content (AvgIpc) is 3.21. The van der Waals surface area contributed by atoms with Crippen molar-refractivity contribution >= 4 is 28.6 Å². The zero-order valence-corrected chi connectivity index (χ0v) is 20.8. The van der Waals surface area contributed by atoms with Crippen molar-refractivity contribution in [1.29, 1.82) is 0 Å². The molecular formula is C26H29N7O2. The van der Waals surface area contributed by atoms with Crippen molar-refractivity contribution in [2.24, 2.45) is 0 Å². The monoisotopic (exact) mass is 471 g/mol. The van der Waals surface area contributed by atoms with Gasteiger partial charge in [0.2, 0.25) is 5.95 Å². The van der Waals surface area contributed by atoms with E-state index in [9.17, 15) is 9.59 Å². The van der Waals surface area contributed by atoms with Crippen LogP contribution in [0.2, 0.25) is 0 Å². The minimum atomic E-state index is -0.409. The molecule has 2 N–H and O–H groups in total. The highest BCUT2D eigenvalue weighted by Gasteiger charge is 2.35. The third-order valence-corrected chi connectivity index (χ3v) is 6.31. The molecule has 0 spiro atoms. The molecular weight excluding hydrogens is 442 g/mol. The first-order chi connectivity index (χ1) is 16.5. The Morgan fingerprint density at radius 2 is 1.86 bits per heavy atom. The van der Waals surface area contributed by atoms with Crippen LogP contribution in [0.25, 0.3) is 16.9 Å². The van der Waals surface area contributed by atoms with E-state index in [1.165, 1.54) is 6.20 Å². The zero-order chi connectivity index (χ0) is 25.1. The highest BCUT2D eigenvalue weighted by molar-refractivity contribution is 6.00. The second-order valence-corrected chi connectivity index (χ2v) is 10.4. The molecule has 0 saturated carbocycles. The van der Waals surface area contributed by atoms with E-state index in [4.69, 9.17) is 4.98 Å². The minimum Gasteiger partial charge on any atom is -0.343 e. The van der Waals surface area contributed by atoms with E-state index < -0.39 is 5.54 Å². The van der Waals surface area contributed by atoms with Crippen LogP contribution in [0.3, 0.4) is 0 Å². The highest BCUT2D eigenvalue weighted by Crippen LogP contribution is 2.32. The highest BCUT2D eigenvalue weighted by atomic mass is 16.2. The van der Waals surface area contributed by atoms with Gasteiger partial charge in [0, 0.05) is 35.1 Å². The summed E-state index contributed by atoms with van der Waals surface area (Å²) in [5, 5.41) is 6.58. The number of carbonyl (C=O) groups is 1. The molecule has 0 bridgehead atoms. The summed E-state index contributed by atoms with van der Waals surface area (Å²) in [5.41, 5.74) is 2.91. The first-order valence-electron chi connectivity index (χ1n) is 11.7. The smallest absolute Gasteiger partial charge is 0.278 e. The maximum Gasteiger partial charge on any atom is 0.278 e. The molecule has 4 heterocycles. The Morgan fingerprint density at radius 1 is 1.09 bits per heavy atom. The van der Waals surface area contributed by atoms with Gasteiger partial charge in [0.15, 0.2) is 11.5 Å². The number of rotatable bonds is 4. The van der Waals surface area contributed by atoms with Crippen LogP contribution < -0.4 is 16.2 Å². The Bertz CT molecular complexity index is 1540. The summed E-state index contributed by atoms with van der Waals surface area (Å²) >= 11 is 0. The molecule has 0 saturated heterocycles. The van der Waals surface area contributed by atoms with Crippen LogP contribution in [-0.4, -0.2) is 30.2 Å². The van der Waals surface area contributed by atoms with E-state index >= 15 is 0 Å². The molecule has 1 aliphatic heterocycles. The molecule has 3 aromatic heterocycles. The van der Waals surface area contributed by atoms with Crippen molar-refractivity contribution in [3.8, 4) is 5.82 Å². The van der Waals surface area contributed by atoms with Crippen molar-refractivity contribution in [2.45, 2.75) is 59.0 Å². The maximum absolute atomic E-state index is 13.1. The number of benzene rings is 1. The first-order valence-corrected chi connectivity index (χ1v) is 11.7. The lowest BCUT2D eigenvalue weighted by Gasteiger charge is -2.19. The number of pyridine rings is 1. The van der Waals surface area contributed by atoms with Gasteiger partial charge in [-0.25, -0.2) is 19.3 Å². The standard InChI is InChI=1S/C26H29N7O2/c1-7-32-23(35)17-14-27-24(28-15-11-12-18-16(13-15)22(34)31-26(18,5)6)30-21(17)33(32)20-10-8-9-19(29-20)25(2,3)4/h8-14H,7H2,1-6H3,(H,31,34)(H,27,28,30). The van der Waals surface area contributed by atoms with Crippen LogP contribution in [0.1, 0.15) is 63.2 Å². The average molecular weight is 472 g/mol. The second-order valence-electron chi connectivity index (χ2n) is 10.4. The lowest BCUT2D eigenvalue weighted by molar-refractivity contribution is 0.0940. The van der Waals surface area contributed by atoms with Gasteiger partial charge in [-0.05, 0) is 50.6 Å². The first kappa shape index (κ1) is 22.8. The minimum absolute atomic E-state index is 0.108. The van der Waals surface area contributed by atoms with Crippen LogP contribution in [0, 0.1) is 0 Å². The fourth-order valence-electron chi connectivity index (χ4n) is 4.47. The van der Waals surface area contributed by atoms with Crippen molar-refractivity contribution in [3.63, 3.8) is 0 Å². The van der Waals surface area contributed by atoms with Crippen molar-refractivity contribution in [1.82, 2.24) is 29.6 Å². The van der Waals surface area contributed by atoms with E-state index in [0.717, 1.165) is 11.3 Å². The third-order valence-electron chi connectivity index (χ3n) is 6.31. The summed E-state index contributed by atoms with van der Waals surface area (Å²) in [4.78, 5) is 39.4. The maximum atomic E-state index is 13.1. The molecule has 0 fully saturated rings. The molecule has 180 valence electrons. The lowest BCUT2D eigenvalue weighted by atomic mass is 9.92. The lowest BCUT2D eigenvalue weighted by Crippen LogP contribution is -2.32.